The largest absolute Gasteiger partial charge is 0.456 e. The lowest BCUT2D eigenvalue weighted by Gasteiger charge is -2.26. The van der Waals surface area contributed by atoms with Gasteiger partial charge in [-0.15, -0.1) is 11.3 Å². The van der Waals surface area contributed by atoms with Crippen LogP contribution in [-0.2, 0) is 0 Å². The van der Waals surface area contributed by atoms with E-state index in [1.165, 1.54) is 31.3 Å². The lowest BCUT2D eigenvalue weighted by Crippen LogP contribution is -2.09. The number of thiophene rings is 1. The molecule has 10 rings (SSSR count). The molecule has 3 aromatic heterocycles. The van der Waals surface area contributed by atoms with Crippen molar-refractivity contribution in [3.8, 4) is 22.6 Å². The van der Waals surface area contributed by atoms with Gasteiger partial charge in [-0.25, -0.2) is 4.98 Å². The quantitative estimate of drug-likeness (QED) is 0.189. The van der Waals surface area contributed by atoms with E-state index in [1.807, 2.05) is 53.8 Å². The van der Waals surface area contributed by atoms with Crippen molar-refractivity contribution in [2.45, 2.75) is 0 Å². The second-order valence-corrected chi connectivity index (χ2v) is 13.1. The van der Waals surface area contributed by atoms with Gasteiger partial charge < -0.3 is 13.7 Å². The van der Waals surface area contributed by atoms with Gasteiger partial charge in [0.25, 0.3) is 0 Å². The summed E-state index contributed by atoms with van der Waals surface area (Å²) in [4.78, 5) is 7.16. The van der Waals surface area contributed by atoms with Crippen molar-refractivity contribution in [3.63, 3.8) is 0 Å². The molecule has 0 aliphatic heterocycles. The smallest absolute Gasteiger partial charge is 0.227 e. The number of aromatic nitrogens is 1. The Morgan fingerprint density at radius 3 is 1.90 bits per heavy atom. The number of anilines is 3. The van der Waals surface area contributed by atoms with Crippen LogP contribution in [0, 0.1) is 0 Å². The summed E-state index contributed by atoms with van der Waals surface area (Å²) in [6.45, 7) is 0. The molecule has 0 aliphatic rings. The highest BCUT2D eigenvalue weighted by atomic mass is 32.1. The topological polar surface area (TPSA) is 42.4 Å². The second-order valence-electron chi connectivity index (χ2n) is 12.0. The molecule has 48 heavy (non-hydrogen) atoms. The van der Waals surface area contributed by atoms with Gasteiger partial charge in [-0.1, -0.05) is 78.9 Å². The number of oxazole rings is 1. The first-order valence-electron chi connectivity index (χ1n) is 15.9. The number of rotatable bonds is 5. The Labute approximate surface area is 279 Å². The Balaban J connectivity index is 1.18. The molecule has 10 aromatic rings. The molecule has 0 saturated carbocycles. The number of fused-ring (bicyclic) bond motifs is 8. The molecule has 0 bridgehead atoms. The van der Waals surface area contributed by atoms with E-state index in [1.54, 1.807) is 0 Å². The van der Waals surface area contributed by atoms with Gasteiger partial charge in [0, 0.05) is 48.2 Å². The lowest BCUT2D eigenvalue weighted by atomic mass is 10.0. The molecule has 0 spiro atoms. The SMILES string of the molecule is c1ccc(-c2ccc(N(c3ccc4sc5ccccc5c4c3)c3ccc4oc5ccc6nc(-c7ccccc7)oc6c5c4c3)cc2)cc1. The highest BCUT2D eigenvalue weighted by Crippen LogP contribution is 2.44. The molecular weight excluding hydrogens is 609 g/mol. The predicted molar refractivity (Wildman–Crippen MR) is 200 cm³/mol. The fourth-order valence-electron chi connectivity index (χ4n) is 6.81. The summed E-state index contributed by atoms with van der Waals surface area (Å²) in [5.74, 6) is 0.597. The molecule has 0 aliphatic carbocycles. The molecule has 4 nitrogen and oxygen atoms in total. The molecule has 0 saturated heterocycles. The Morgan fingerprint density at radius 1 is 0.458 bits per heavy atom. The second kappa shape index (κ2) is 10.7. The molecule has 0 N–H and O–H groups in total. The first kappa shape index (κ1) is 27.0. The fourth-order valence-corrected chi connectivity index (χ4v) is 7.90. The van der Waals surface area contributed by atoms with Gasteiger partial charge in [0.15, 0.2) is 5.58 Å². The summed E-state index contributed by atoms with van der Waals surface area (Å²) in [7, 11) is 0. The standard InChI is InChI=1S/C43H26N2O2S/c1-3-9-27(10-4-1)28-15-17-30(18-16-28)45(32-20-24-40-34(25-32)33-13-7-8-14-39(33)48-40)31-19-22-37-35(26-31)41-38(46-37)23-21-36-42(41)47-43(44-36)29-11-5-2-6-12-29/h1-26H. The van der Waals surface area contributed by atoms with Crippen LogP contribution in [0.15, 0.2) is 167 Å². The van der Waals surface area contributed by atoms with E-state index in [0.29, 0.717) is 5.89 Å². The van der Waals surface area contributed by atoms with Crippen LogP contribution < -0.4 is 4.90 Å². The van der Waals surface area contributed by atoms with Crippen LogP contribution in [0.5, 0.6) is 0 Å². The third-order valence-corrected chi connectivity index (χ3v) is 10.3. The molecule has 0 atom stereocenters. The molecule has 3 heterocycles. The summed E-state index contributed by atoms with van der Waals surface area (Å²) in [5, 5.41) is 4.44. The van der Waals surface area contributed by atoms with Crippen molar-refractivity contribution in [3.05, 3.63) is 158 Å². The van der Waals surface area contributed by atoms with Crippen LogP contribution in [0.1, 0.15) is 0 Å². The van der Waals surface area contributed by atoms with Gasteiger partial charge in [-0.05, 0) is 90.0 Å². The van der Waals surface area contributed by atoms with Crippen molar-refractivity contribution in [2.24, 2.45) is 0 Å². The summed E-state index contributed by atoms with van der Waals surface area (Å²) in [5.41, 5.74) is 9.60. The molecule has 226 valence electrons. The minimum atomic E-state index is 0.597. The van der Waals surface area contributed by atoms with Crippen molar-refractivity contribution < 1.29 is 8.83 Å². The number of hydrogen-bond acceptors (Lipinski definition) is 5. The first-order valence-corrected chi connectivity index (χ1v) is 16.8. The van der Waals surface area contributed by atoms with Crippen LogP contribution >= 0.6 is 11.3 Å². The van der Waals surface area contributed by atoms with Crippen LogP contribution in [-0.4, -0.2) is 4.98 Å². The van der Waals surface area contributed by atoms with Crippen molar-refractivity contribution in [2.75, 3.05) is 4.90 Å². The number of hydrogen-bond donors (Lipinski definition) is 0. The van der Waals surface area contributed by atoms with Gasteiger partial charge in [0.1, 0.15) is 16.7 Å². The molecule has 0 unspecified atom stereocenters. The normalized spacial score (nSPS) is 11.8. The zero-order valence-corrected chi connectivity index (χ0v) is 26.4. The molecule has 0 fully saturated rings. The van der Waals surface area contributed by atoms with Gasteiger partial charge >= 0.3 is 0 Å². The van der Waals surface area contributed by atoms with E-state index in [-0.39, 0.29) is 0 Å². The number of benzene rings is 7. The Hall–Kier alpha value is -6.17. The maximum absolute atomic E-state index is 6.46. The van der Waals surface area contributed by atoms with Crippen molar-refractivity contribution in [1.29, 1.82) is 0 Å². The number of nitrogens with zero attached hydrogens (tertiary/aromatic N) is 2. The summed E-state index contributed by atoms with van der Waals surface area (Å²) in [6, 6.07) is 55.1. The van der Waals surface area contributed by atoms with Crippen molar-refractivity contribution in [1.82, 2.24) is 4.98 Å². The van der Waals surface area contributed by atoms with Crippen LogP contribution in [0.4, 0.5) is 17.1 Å². The van der Waals surface area contributed by atoms with E-state index >= 15 is 0 Å². The van der Waals surface area contributed by atoms with Gasteiger partial charge in [-0.2, -0.15) is 0 Å². The molecule has 5 heteroatoms. The van der Waals surface area contributed by atoms with Crippen LogP contribution in [0.25, 0.3) is 75.8 Å². The maximum atomic E-state index is 6.46. The fraction of sp³-hybridized carbons (Fsp3) is 0. The first-order chi connectivity index (χ1) is 23.8. The molecule has 0 amide bonds. The molecular formula is C43H26N2O2S. The van der Waals surface area contributed by atoms with E-state index < -0.39 is 0 Å². The average Bonchev–Trinajstić information content (AvgIpc) is 3.86. The molecule has 0 radical (unpaired) electrons. The van der Waals surface area contributed by atoms with Gasteiger partial charge in [0.05, 0.1) is 5.39 Å². The van der Waals surface area contributed by atoms with Crippen LogP contribution in [0.3, 0.4) is 0 Å². The van der Waals surface area contributed by atoms with E-state index in [9.17, 15) is 0 Å². The lowest BCUT2D eigenvalue weighted by molar-refractivity contribution is 0.622. The molecule has 7 aromatic carbocycles. The highest BCUT2D eigenvalue weighted by Gasteiger charge is 2.20. The van der Waals surface area contributed by atoms with E-state index in [2.05, 4.69) is 120 Å². The summed E-state index contributed by atoms with van der Waals surface area (Å²) in [6.07, 6.45) is 0. The Morgan fingerprint density at radius 2 is 1.08 bits per heavy atom. The van der Waals surface area contributed by atoms with Crippen LogP contribution in [0.2, 0.25) is 0 Å². The average molecular weight is 635 g/mol. The minimum absolute atomic E-state index is 0.597. The summed E-state index contributed by atoms with van der Waals surface area (Å²) < 4.78 is 15.4. The Bertz CT molecular complexity index is 2780. The van der Waals surface area contributed by atoms with E-state index in [0.717, 1.165) is 55.7 Å². The van der Waals surface area contributed by atoms with Gasteiger partial charge in [-0.3, -0.25) is 0 Å². The highest BCUT2D eigenvalue weighted by molar-refractivity contribution is 7.25. The van der Waals surface area contributed by atoms with Gasteiger partial charge in [0.2, 0.25) is 5.89 Å². The minimum Gasteiger partial charge on any atom is -0.456 e. The zero-order valence-electron chi connectivity index (χ0n) is 25.6. The monoisotopic (exact) mass is 634 g/mol. The van der Waals surface area contributed by atoms with Crippen molar-refractivity contribution >= 4 is 81.6 Å². The third-order valence-electron chi connectivity index (χ3n) is 9.10. The maximum Gasteiger partial charge on any atom is 0.227 e. The zero-order chi connectivity index (χ0) is 31.6. The van der Waals surface area contributed by atoms with E-state index in [4.69, 9.17) is 13.8 Å². The predicted octanol–water partition coefficient (Wildman–Crippen LogP) is 12.9. The Kier molecular flexibility index (Phi) is 6.01. The summed E-state index contributed by atoms with van der Waals surface area (Å²) >= 11 is 1.83. The number of furan rings is 1. The third kappa shape index (κ3) is 4.33.